The molecule has 1 heterocycles. The first-order valence-electron chi connectivity index (χ1n) is 10.1. The smallest absolute Gasteiger partial charge is 0.240 e. The summed E-state index contributed by atoms with van der Waals surface area (Å²) in [6, 6.07) is 14.3. The Labute approximate surface area is 189 Å². The maximum Gasteiger partial charge on any atom is 0.240 e. The SMILES string of the molecule is CCOc1ccc(S(=O)(=O)C(CNS(=O)(=O)c2ccc(C)cc2C)c2cccnc2)cc1. The molecular weight excluding hydrogens is 448 g/mol. The molecule has 2 aromatic carbocycles. The van der Waals surface area contributed by atoms with E-state index >= 15 is 0 Å². The molecule has 0 radical (unpaired) electrons. The van der Waals surface area contributed by atoms with Gasteiger partial charge in [0.1, 0.15) is 11.0 Å². The van der Waals surface area contributed by atoms with Gasteiger partial charge in [-0.1, -0.05) is 23.8 Å². The third-order valence-electron chi connectivity index (χ3n) is 4.97. The fourth-order valence-corrected chi connectivity index (χ4v) is 6.42. The Kier molecular flexibility index (Phi) is 7.33. The first-order chi connectivity index (χ1) is 15.1. The lowest BCUT2D eigenvalue weighted by molar-refractivity contribution is 0.340. The summed E-state index contributed by atoms with van der Waals surface area (Å²) in [7, 11) is -7.85. The molecule has 32 heavy (non-hydrogen) atoms. The number of benzene rings is 2. The van der Waals surface area contributed by atoms with Gasteiger partial charge in [0.25, 0.3) is 0 Å². The molecule has 7 nitrogen and oxygen atoms in total. The van der Waals surface area contributed by atoms with Crippen LogP contribution in [0.4, 0.5) is 0 Å². The van der Waals surface area contributed by atoms with Crippen molar-refractivity contribution >= 4 is 19.9 Å². The number of aromatic nitrogens is 1. The van der Waals surface area contributed by atoms with E-state index in [1.54, 1.807) is 43.3 Å². The monoisotopic (exact) mass is 474 g/mol. The second-order valence-electron chi connectivity index (χ2n) is 7.35. The van der Waals surface area contributed by atoms with Crippen molar-refractivity contribution < 1.29 is 21.6 Å². The van der Waals surface area contributed by atoms with Gasteiger partial charge in [0.2, 0.25) is 10.0 Å². The van der Waals surface area contributed by atoms with Crippen LogP contribution in [0.25, 0.3) is 0 Å². The third-order valence-corrected chi connectivity index (χ3v) is 8.67. The van der Waals surface area contributed by atoms with Crippen LogP contribution in [0.5, 0.6) is 5.75 Å². The van der Waals surface area contributed by atoms with E-state index in [0.29, 0.717) is 23.5 Å². The molecule has 1 N–H and O–H groups in total. The molecule has 0 saturated heterocycles. The number of sulfonamides is 1. The van der Waals surface area contributed by atoms with E-state index in [2.05, 4.69) is 9.71 Å². The predicted molar refractivity (Wildman–Crippen MR) is 123 cm³/mol. The zero-order valence-electron chi connectivity index (χ0n) is 18.1. The topological polar surface area (TPSA) is 102 Å². The Balaban J connectivity index is 1.95. The van der Waals surface area contributed by atoms with E-state index in [4.69, 9.17) is 4.74 Å². The lowest BCUT2D eigenvalue weighted by atomic mass is 10.2. The van der Waals surface area contributed by atoms with Crippen LogP contribution in [-0.2, 0) is 19.9 Å². The van der Waals surface area contributed by atoms with Crippen molar-refractivity contribution in [3.8, 4) is 5.75 Å². The molecule has 170 valence electrons. The molecular formula is C23H26N2O5S2. The molecule has 9 heteroatoms. The van der Waals surface area contributed by atoms with Crippen LogP contribution in [0, 0.1) is 13.8 Å². The van der Waals surface area contributed by atoms with Crippen LogP contribution >= 0.6 is 0 Å². The molecule has 0 bridgehead atoms. The fraction of sp³-hybridized carbons (Fsp3) is 0.261. The Hall–Kier alpha value is -2.75. The van der Waals surface area contributed by atoms with E-state index in [0.717, 1.165) is 5.56 Å². The fourth-order valence-electron chi connectivity index (χ4n) is 3.39. The zero-order valence-corrected chi connectivity index (χ0v) is 19.8. The van der Waals surface area contributed by atoms with Gasteiger partial charge in [-0.05, 0) is 68.3 Å². The molecule has 0 spiro atoms. The van der Waals surface area contributed by atoms with Gasteiger partial charge >= 0.3 is 0 Å². The second-order valence-corrected chi connectivity index (χ2v) is 11.2. The number of hydrogen-bond acceptors (Lipinski definition) is 6. The van der Waals surface area contributed by atoms with E-state index in [-0.39, 0.29) is 16.3 Å². The van der Waals surface area contributed by atoms with Crippen molar-refractivity contribution in [2.24, 2.45) is 0 Å². The van der Waals surface area contributed by atoms with E-state index in [9.17, 15) is 16.8 Å². The Morgan fingerprint density at radius 3 is 2.31 bits per heavy atom. The number of ether oxygens (including phenoxy) is 1. The third kappa shape index (κ3) is 5.35. The van der Waals surface area contributed by atoms with Crippen molar-refractivity contribution in [3.05, 3.63) is 83.7 Å². The maximum atomic E-state index is 13.5. The van der Waals surface area contributed by atoms with Crippen LogP contribution in [0.3, 0.4) is 0 Å². The molecule has 0 amide bonds. The molecule has 1 aromatic heterocycles. The highest BCUT2D eigenvalue weighted by Gasteiger charge is 2.31. The molecule has 0 aliphatic carbocycles. The first kappa shape index (κ1) is 23.9. The Morgan fingerprint density at radius 1 is 1.00 bits per heavy atom. The van der Waals surface area contributed by atoms with Gasteiger partial charge in [0.15, 0.2) is 9.84 Å². The lowest BCUT2D eigenvalue weighted by Crippen LogP contribution is -2.32. The van der Waals surface area contributed by atoms with E-state index in [1.165, 1.54) is 30.6 Å². The van der Waals surface area contributed by atoms with Gasteiger partial charge in [0, 0.05) is 18.9 Å². The van der Waals surface area contributed by atoms with Crippen molar-refractivity contribution in [1.29, 1.82) is 0 Å². The summed E-state index contributed by atoms with van der Waals surface area (Å²) in [5.74, 6) is 0.555. The minimum atomic E-state index is -3.93. The molecule has 0 fully saturated rings. The van der Waals surface area contributed by atoms with Crippen molar-refractivity contribution in [2.45, 2.75) is 35.8 Å². The summed E-state index contributed by atoms with van der Waals surface area (Å²) in [5.41, 5.74) is 1.92. The number of nitrogens with one attached hydrogen (secondary N) is 1. The highest BCUT2D eigenvalue weighted by molar-refractivity contribution is 7.92. The average molecular weight is 475 g/mol. The summed E-state index contributed by atoms with van der Waals surface area (Å²) in [6.45, 7) is 5.54. The number of hydrogen-bond donors (Lipinski definition) is 1. The van der Waals surface area contributed by atoms with Gasteiger partial charge < -0.3 is 4.74 Å². The van der Waals surface area contributed by atoms with Crippen LogP contribution < -0.4 is 9.46 Å². The van der Waals surface area contributed by atoms with Gasteiger partial charge in [0.05, 0.1) is 16.4 Å². The largest absolute Gasteiger partial charge is 0.494 e. The van der Waals surface area contributed by atoms with Gasteiger partial charge in [-0.25, -0.2) is 21.6 Å². The van der Waals surface area contributed by atoms with Crippen molar-refractivity contribution in [1.82, 2.24) is 9.71 Å². The summed E-state index contributed by atoms with van der Waals surface area (Å²) in [6.07, 6.45) is 2.96. The molecule has 3 aromatic rings. The van der Waals surface area contributed by atoms with Crippen LogP contribution in [0.1, 0.15) is 28.9 Å². The Bertz CT molecular complexity index is 1270. The quantitative estimate of drug-likeness (QED) is 0.508. The summed E-state index contributed by atoms with van der Waals surface area (Å²) in [5, 5.41) is -1.16. The van der Waals surface area contributed by atoms with Gasteiger partial charge in [-0.3, -0.25) is 4.98 Å². The van der Waals surface area contributed by atoms with Crippen LogP contribution in [0.15, 0.2) is 76.8 Å². The number of rotatable bonds is 9. The number of pyridine rings is 1. The maximum absolute atomic E-state index is 13.5. The number of aryl methyl sites for hydroxylation is 2. The van der Waals surface area contributed by atoms with Crippen molar-refractivity contribution in [2.75, 3.05) is 13.2 Å². The number of sulfone groups is 1. The predicted octanol–water partition coefficient (Wildman–Crippen LogP) is 3.59. The highest BCUT2D eigenvalue weighted by Crippen LogP contribution is 2.30. The molecule has 3 rings (SSSR count). The minimum Gasteiger partial charge on any atom is -0.494 e. The van der Waals surface area contributed by atoms with Gasteiger partial charge in [-0.2, -0.15) is 0 Å². The molecule has 0 aliphatic rings. The van der Waals surface area contributed by atoms with Gasteiger partial charge in [-0.15, -0.1) is 0 Å². The standard InChI is InChI=1S/C23H26N2O5S2/c1-4-30-20-8-10-21(11-9-20)31(26,27)23(19-6-5-13-24-15-19)16-25-32(28,29)22-12-7-17(2)14-18(22)3/h5-15,23,25H,4,16H2,1-3H3. The van der Waals surface area contributed by atoms with E-state index < -0.39 is 25.1 Å². The number of nitrogens with zero attached hydrogens (tertiary/aromatic N) is 1. The van der Waals surface area contributed by atoms with E-state index in [1.807, 2.05) is 13.8 Å². The zero-order chi connectivity index (χ0) is 23.4. The first-order valence-corrected chi connectivity index (χ1v) is 13.1. The highest BCUT2D eigenvalue weighted by atomic mass is 32.2. The normalized spacial score (nSPS) is 13.0. The van der Waals surface area contributed by atoms with Crippen molar-refractivity contribution in [3.63, 3.8) is 0 Å². The minimum absolute atomic E-state index is 0.0699. The second kappa shape index (κ2) is 9.81. The molecule has 1 unspecified atom stereocenters. The molecule has 0 saturated carbocycles. The molecule has 0 aliphatic heterocycles. The Morgan fingerprint density at radius 2 is 1.72 bits per heavy atom. The summed E-state index contributed by atoms with van der Waals surface area (Å²) < 4.78 is 60.7. The molecule has 1 atom stereocenters. The summed E-state index contributed by atoms with van der Waals surface area (Å²) >= 11 is 0. The summed E-state index contributed by atoms with van der Waals surface area (Å²) in [4.78, 5) is 4.20. The lowest BCUT2D eigenvalue weighted by Gasteiger charge is -2.19. The average Bonchev–Trinajstić information content (AvgIpc) is 2.75. The van der Waals surface area contributed by atoms with Crippen LogP contribution in [-0.4, -0.2) is 35.0 Å². The van der Waals surface area contributed by atoms with Crippen LogP contribution in [0.2, 0.25) is 0 Å².